The van der Waals surface area contributed by atoms with Crippen LogP contribution in [-0.2, 0) is 0 Å². The first-order chi connectivity index (χ1) is 13.1. The van der Waals surface area contributed by atoms with Gasteiger partial charge in [0, 0.05) is 18.9 Å². The largest absolute Gasteiger partial charge is 0.388 e. The summed E-state index contributed by atoms with van der Waals surface area (Å²) in [5.74, 6) is 0.744. The highest BCUT2D eigenvalue weighted by Crippen LogP contribution is 2.28. The fourth-order valence-electron chi connectivity index (χ4n) is 3.56. The number of rotatable bonds is 6. The number of benzene rings is 1. The maximum absolute atomic E-state index is 10.7. The maximum Gasteiger partial charge on any atom is 0.191 e. The first-order valence-corrected chi connectivity index (χ1v) is 9.97. The zero-order valence-electron chi connectivity index (χ0n) is 16.4. The molecular formula is C21H31N5O. The van der Waals surface area contributed by atoms with Gasteiger partial charge in [0.1, 0.15) is 0 Å². The maximum atomic E-state index is 10.7. The summed E-state index contributed by atoms with van der Waals surface area (Å²) in [7, 11) is 0. The Morgan fingerprint density at radius 1 is 1.30 bits per heavy atom. The third kappa shape index (κ3) is 5.32. The van der Waals surface area contributed by atoms with Crippen LogP contribution in [0.15, 0.2) is 47.7 Å². The molecule has 2 aromatic rings. The van der Waals surface area contributed by atoms with Gasteiger partial charge in [-0.15, -0.1) is 0 Å². The van der Waals surface area contributed by atoms with Crippen LogP contribution < -0.4 is 10.6 Å². The predicted octanol–water partition coefficient (Wildman–Crippen LogP) is 3.18. The third-order valence-electron chi connectivity index (χ3n) is 5.15. The van der Waals surface area contributed by atoms with E-state index >= 15 is 0 Å². The Hall–Kier alpha value is -2.34. The fourth-order valence-corrected chi connectivity index (χ4v) is 3.56. The summed E-state index contributed by atoms with van der Waals surface area (Å²) in [6.45, 7) is 5.40. The molecule has 1 aromatic heterocycles. The Morgan fingerprint density at radius 2 is 2.11 bits per heavy atom. The van der Waals surface area contributed by atoms with Crippen molar-refractivity contribution < 1.29 is 5.11 Å². The van der Waals surface area contributed by atoms with E-state index in [1.165, 1.54) is 6.42 Å². The molecular weight excluding hydrogens is 338 g/mol. The first-order valence-electron chi connectivity index (χ1n) is 9.97. The molecule has 3 N–H and O–H groups in total. The lowest BCUT2D eigenvalue weighted by atomic mass is 9.85. The van der Waals surface area contributed by atoms with E-state index in [1.54, 1.807) is 6.20 Å². The fraction of sp³-hybridized carbons (Fsp3) is 0.524. The van der Waals surface area contributed by atoms with Crippen molar-refractivity contribution in [1.82, 2.24) is 20.4 Å². The molecule has 1 aromatic carbocycles. The van der Waals surface area contributed by atoms with Crippen molar-refractivity contribution in [1.29, 1.82) is 0 Å². The molecule has 27 heavy (non-hydrogen) atoms. The second-order valence-corrected chi connectivity index (χ2v) is 7.39. The van der Waals surface area contributed by atoms with Crippen molar-refractivity contribution in [3.63, 3.8) is 0 Å². The summed E-state index contributed by atoms with van der Waals surface area (Å²) in [6, 6.07) is 10.3. The number of hydrogen-bond donors (Lipinski definition) is 3. The number of nitrogens with one attached hydrogen (secondary N) is 2. The third-order valence-corrected chi connectivity index (χ3v) is 5.15. The zero-order valence-corrected chi connectivity index (χ0v) is 16.4. The van der Waals surface area contributed by atoms with E-state index in [0.29, 0.717) is 6.54 Å². The molecule has 1 aliphatic rings. The molecule has 1 fully saturated rings. The molecule has 6 nitrogen and oxygen atoms in total. The van der Waals surface area contributed by atoms with Gasteiger partial charge in [0.05, 0.1) is 23.9 Å². The van der Waals surface area contributed by atoms with E-state index in [9.17, 15) is 5.11 Å². The van der Waals surface area contributed by atoms with Crippen molar-refractivity contribution in [2.45, 2.75) is 57.6 Å². The van der Waals surface area contributed by atoms with Gasteiger partial charge in [-0.1, -0.05) is 31.4 Å². The summed E-state index contributed by atoms with van der Waals surface area (Å²) in [5, 5.41) is 21.8. The standard InChI is InChI=1S/C21H31N5O/c1-3-22-20(23-16-21(27)11-5-4-6-12-21)25-17(2)18-9-7-10-19(15-18)26-14-8-13-24-26/h7-10,13-15,17,27H,3-6,11-12,16H2,1-2H3,(H2,22,23,25). The van der Waals surface area contributed by atoms with Crippen molar-refractivity contribution in [3.05, 3.63) is 48.3 Å². The number of aliphatic imine (C=N–C) groups is 1. The molecule has 1 heterocycles. The number of aliphatic hydroxyl groups is 1. The molecule has 3 rings (SSSR count). The minimum absolute atomic E-state index is 0.0827. The van der Waals surface area contributed by atoms with E-state index in [1.807, 2.05) is 29.1 Å². The Bertz CT molecular complexity index is 735. The van der Waals surface area contributed by atoms with E-state index in [2.05, 4.69) is 46.7 Å². The first kappa shape index (κ1) is 19.4. The molecule has 1 aliphatic carbocycles. The molecule has 1 saturated carbocycles. The number of nitrogens with zero attached hydrogens (tertiary/aromatic N) is 3. The van der Waals surface area contributed by atoms with Crippen LogP contribution in [0.4, 0.5) is 0 Å². The number of aromatic nitrogens is 2. The van der Waals surface area contributed by atoms with Crippen LogP contribution in [0.2, 0.25) is 0 Å². The van der Waals surface area contributed by atoms with Crippen LogP contribution in [0.25, 0.3) is 5.69 Å². The predicted molar refractivity (Wildman–Crippen MR) is 109 cm³/mol. The average Bonchev–Trinajstić information content (AvgIpc) is 3.22. The van der Waals surface area contributed by atoms with E-state index in [-0.39, 0.29) is 6.04 Å². The highest BCUT2D eigenvalue weighted by molar-refractivity contribution is 5.80. The summed E-state index contributed by atoms with van der Waals surface area (Å²) >= 11 is 0. The topological polar surface area (TPSA) is 74.5 Å². The average molecular weight is 370 g/mol. The quantitative estimate of drug-likeness (QED) is 0.540. The van der Waals surface area contributed by atoms with Gasteiger partial charge in [-0.05, 0) is 50.5 Å². The molecule has 0 bridgehead atoms. The van der Waals surface area contributed by atoms with Gasteiger partial charge < -0.3 is 15.7 Å². The summed E-state index contributed by atoms with van der Waals surface area (Å²) in [6.07, 6.45) is 8.80. The Balaban J connectivity index is 1.68. The molecule has 0 radical (unpaired) electrons. The summed E-state index contributed by atoms with van der Waals surface area (Å²) in [4.78, 5) is 4.67. The van der Waals surface area contributed by atoms with Crippen molar-refractivity contribution >= 4 is 5.96 Å². The van der Waals surface area contributed by atoms with E-state index < -0.39 is 5.60 Å². The van der Waals surface area contributed by atoms with Gasteiger partial charge in [-0.2, -0.15) is 5.10 Å². The molecule has 1 unspecified atom stereocenters. The van der Waals surface area contributed by atoms with Crippen LogP contribution in [0.5, 0.6) is 0 Å². The van der Waals surface area contributed by atoms with Crippen LogP contribution in [-0.4, -0.2) is 39.5 Å². The van der Waals surface area contributed by atoms with Crippen molar-refractivity contribution in [2.75, 3.05) is 13.1 Å². The molecule has 146 valence electrons. The van der Waals surface area contributed by atoms with Gasteiger partial charge >= 0.3 is 0 Å². The van der Waals surface area contributed by atoms with Crippen molar-refractivity contribution in [3.8, 4) is 5.69 Å². The number of hydrogen-bond acceptors (Lipinski definition) is 3. The second kappa shape index (κ2) is 9.04. The number of guanidine groups is 1. The minimum Gasteiger partial charge on any atom is -0.388 e. The molecule has 1 atom stereocenters. The molecule has 6 heteroatoms. The normalized spacial score (nSPS) is 18.1. The van der Waals surface area contributed by atoms with Crippen LogP contribution in [0.3, 0.4) is 0 Å². The molecule has 0 aliphatic heterocycles. The Morgan fingerprint density at radius 3 is 2.81 bits per heavy atom. The monoisotopic (exact) mass is 369 g/mol. The van der Waals surface area contributed by atoms with Crippen LogP contribution in [0.1, 0.15) is 57.6 Å². The molecule has 0 saturated heterocycles. The summed E-state index contributed by atoms with van der Waals surface area (Å²) in [5.41, 5.74) is 1.54. The van der Waals surface area contributed by atoms with Crippen molar-refractivity contribution in [2.24, 2.45) is 4.99 Å². The van der Waals surface area contributed by atoms with Gasteiger partial charge in [0.25, 0.3) is 0 Å². The minimum atomic E-state index is -0.649. The SMILES string of the molecule is CCNC(=NCC1(O)CCCCC1)NC(C)c1cccc(-n2cccn2)c1. The smallest absolute Gasteiger partial charge is 0.191 e. The highest BCUT2D eigenvalue weighted by atomic mass is 16.3. The van der Waals surface area contributed by atoms with Crippen LogP contribution >= 0.6 is 0 Å². The second-order valence-electron chi connectivity index (χ2n) is 7.39. The zero-order chi connectivity index (χ0) is 19.1. The lowest BCUT2D eigenvalue weighted by Crippen LogP contribution is -2.41. The highest BCUT2D eigenvalue weighted by Gasteiger charge is 2.28. The Kier molecular flexibility index (Phi) is 6.50. The summed E-state index contributed by atoms with van der Waals surface area (Å²) < 4.78 is 1.86. The van der Waals surface area contributed by atoms with Gasteiger partial charge in [0.15, 0.2) is 5.96 Å². The lowest BCUT2D eigenvalue weighted by Gasteiger charge is -2.30. The lowest BCUT2D eigenvalue weighted by molar-refractivity contribution is 0.0131. The Labute approximate surface area is 161 Å². The van der Waals surface area contributed by atoms with E-state index in [0.717, 1.165) is 49.4 Å². The van der Waals surface area contributed by atoms with Gasteiger partial charge in [-0.25, -0.2) is 4.68 Å². The van der Waals surface area contributed by atoms with Gasteiger partial charge in [-0.3, -0.25) is 4.99 Å². The molecule has 0 spiro atoms. The van der Waals surface area contributed by atoms with Crippen LogP contribution in [0, 0.1) is 0 Å². The van der Waals surface area contributed by atoms with Gasteiger partial charge in [0.2, 0.25) is 0 Å². The molecule has 0 amide bonds. The van der Waals surface area contributed by atoms with E-state index in [4.69, 9.17) is 0 Å².